The Morgan fingerprint density at radius 1 is 1.35 bits per heavy atom. The van der Waals surface area contributed by atoms with Gasteiger partial charge in [0.2, 0.25) is 5.91 Å². The number of methoxy groups -OCH3 is 1. The molecule has 2 heterocycles. The Hall–Kier alpha value is -2.87. The molecule has 0 bridgehead atoms. The van der Waals surface area contributed by atoms with E-state index in [1.54, 1.807) is 11.8 Å². The lowest BCUT2D eigenvalue weighted by molar-refractivity contribution is -0.176. The number of rotatable bonds is 8. The number of amides is 1. The van der Waals surface area contributed by atoms with E-state index in [9.17, 15) is 19.5 Å². The van der Waals surface area contributed by atoms with E-state index >= 15 is 0 Å². The van der Waals surface area contributed by atoms with E-state index in [0.717, 1.165) is 16.5 Å². The SMILES string of the molecule is CC[C@]1(C[C@@H](OC(C)=O)C(=O)OC)C(=O)N(CCc2c[nH]c3ccccc23)CC[C@H]1O. The average Bonchev–Trinajstić information content (AvgIpc) is 3.17. The number of carbonyl (C=O) groups excluding carboxylic acids is 3. The molecule has 1 fully saturated rings. The summed E-state index contributed by atoms with van der Waals surface area (Å²) in [6.45, 7) is 3.92. The van der Waals surface area contributed by atoms with E-state index in [-0.39, 0.29) is 12.3 Å². The van der Waals surface area contributed by atoms with Crippen molar-refractivity contribution in [3.8, 4) is 0 Å². The van der Waals surface area contributed by atoms with Crippen LogP contribution in [-0.4, -0.2) is 65.2 Å². The molecule has 1 aliphatic heterocycles. The molecule has 1 aromatic carbocycles. The average molecular weight is 431 g/mol. The van der Waals surface area contributed by atoms with Crippen LogP contribution in [0.25, 0.3) is 10.9 Å². The molecule has 8 heteroatoms. The summed E-state index contributed by atoms with van der Waals surface area (Å²) in [6, 6.07) is 7.99. The summed E-state index contributed by atoms with van der Waals surface area (Å²) < 4.78 is 9.88. The van der Waals surface area contributed by atoms with E-state index in [1.165, 1.54) is 14.0 Å². The summed E-state index contributed by atoms with van der Waals surface area (Å²) in [7, 11) is 1.20. The lowest BCUT2D eigenvalue weighted by atomic mass is 9.70. The molecule has 1 aromatic heterocycles. The van der Waals surface area contributed by atoms with Gasteiger partial charge in [-0.1, -0.05) is 25.1 Å². The highest BCUT2D eigenvalue weighted by atomic mass is 16.6. The number of H-pyrrole nitrogens is 1. The smallest absolute Gasteiger partial charge is 0.347 e. The lowest BCUT2D eigenvalue weighted by Crippen LogP contribution is -2.58. The first-order chi connectivity index (χ1) is 14.8. The summed E-state index contributed by atoms with van der Waals surface area (Å²) in [5.74, 6) is -1.61. The second kappa shape index (κ2) is 9.51. The lowest BCUT2D eigenvalue weighted by Gasteiger charge is -2.45. The van der Waals surface area contributed by atoms with Crippen molar-refractivity contribution in [2.24, 2.45) is 5.41 Å². The Morgan fingerprint density at radius 3 is 2.77 bits per heavy atom. The first-order valence-electron chi connectivity index (χ1n) is 10.6. The van der Waals surface area contributed by atoms with Crippen LogP contribution < -0.4 is 0 Å². The van der Waals surface area contributed by atoms with Crippen LogP contribution in [0.15, 0.2) is 30.5 Å². The maximum atomic E-state index is 13.5. The summed E-state index contributed by atoms with van der Waals surface area (Å²) in [6.07, 6.45) is 1.03. The number of esters is 2. The van der Waals surface area contributed by atoms with E-state index in [4.69, 9.17) is 9.47 Å². The molecule has 8 nitrogen and oxygen atoms in total. The molecule has 2 aromatic rings. The number of carbonyl (C=O) groups is 3. The third kappa shape index (κ3) is 4.58. The number of para-hydroxylation sites is 1. The molecule has 0 unspecified atom stereocenters. The normalized spacial score (nSPS) is 22.4. The van der Waals surface area contributed by atoms with E-state index in [1.807, 2.05) is 30.5 Å². The Balaban J connectivity index is 1.79. The largest absolute Gasteiger partial charge is 0.466 e. The van der Waals surface area contributed by atoms with Gasteiger partial charge in [-0.05, 0) is 30.9 Å². The number of aliphatic hydroxyl groups excluding tert-OH is 1. The molecule has 1 amide bonds. The third-order valence-corrected chi connectivity index (χ3v) is 6.30. The van der Waals surface area contributed by atoms with Crippen LogP contribution in [-0.2, 0) is 30.3 Å². The van der Waals surface area contributed by atoms with Gasteiger partial charge in [-0.3, -0.25) is 9.59 Å². The number of ether oxygens (including phenoxy) is 2. The quantitative estimate of drug-likeness (QED) is 0.622. The van der Waals surface area contributed by atoms with Crippen LogP contribution in [0, 0.1) is 5.41 Å². The summed E-state index contributed by atoms with van der Waals surface area (Å²) >= 11 is 0. The number of hydrogen-bond acceptors (Lipinski definition) is 6. The summed E-state index contributed by atoms with van der Waals surface area (Å²) in [5, 5.41) is 11.9. The number of aromatic nitrogens is 1. The molecule has 0 spiro atoms. The predicted molar refractivity (Wildman–Crippen MR) is 114 cm³/mol. The molecule has 0 aliphatic carbocycles. The second-order valence-electron chi connectivity index (χ2n) is 8.04. The van der Waals surface area contributed by atoms with Crippen molar-refractivity contribution in [3.05, 3.63) is 36.0 Å². The number of aliphatic hydroxyl groups is 1. The zero-order chi connectivity index (χ0) is 22.6. The first-order valence-corrected chi connectivity index (χ1v) is 10.6. The van der Waals surface area contributed by atoms with Crippen molar-refractivity contribution in [2.45, 2.75) is 51.7 Å². The Morgan fingerprint density at radius 2 is 2.10 bits per heavy atom. The van der Waals surface area contributed by atoms with Gasteiger partial charge >= 0.3 is 11.9 Å². The molecular weight excluding hydrogens is 400 g/mol. The molecule has 3 rings (SSSR count). The molecular formula is C23H30N2O6. The molecule has 2 N–H and O–H groups in total. The van der Waals surface area contributed by atoms with Crippen molar-refractivity contribution in [1.82, 2.24) is 9.88 Å². The number of benzene rings is 1. The minimum Gasteiger partial charge on any atom is -0.466 e. The van der Waals surface area contributed by atoms with Gasteiger partial charge in [-0.2, -0.15) is 0 Å². The minimum atomic E-state index is -1.24. The van der Waals surface area contributed by atoms with Gasteiger partial charge in [0.15, 0.2) is 6.10 Å². The van der Waals surface area contributed by atoms with Crippen LogP contribution in [0.1, 0.15) is 38.7 Å². The van der Waals surface area contributed by atoms with Crippen molar-refractivity contribution in [1.29, 1.82) is 0 Å². The van der Waals surface area contributed by atoms with Crippen LogP contribution in [0.2, 0.25) is 0 Å². The molecule has 31 heavy (non-hydrogen) atoms. The molecule has 1 saturated heterocycles. The van der Waals surface area contributed by atoms with Crippen LogP contribution in [0.3, 0.4) is 0 Å². The Bertz CT molecular complexity index is 954. The maximum Gasteiger partial charge on any atom is 0.347 e. The molecule has 168 valence electrons. The second-order valence-corrected chi connectivity index (χ2v) is 8.04. The highest BCUT2D eigenvalue weighted by Gasteiger charge is 2.51. The highest BCUT2D eigenvalue weighted by Crippen LogP contribution is 2.40. The number of likely N-dealkylation sites (tertiary alicyclic amines) is 1. The van der Waals surface area contributed by atoms with E-state index in [0.29, 0.717) is 32.4 Å². The maximum absolute atomic E-state index is 13.5. The monoisotopic (exact) mass is 430 g/mol. The summed E-state index contributed by atoms with van der Waals surface area (Å²) in [5.41, 5.74) is 0.944. The highest BCUT2D eigenvalue weighted by molar-refractivity contribution is 5.87. The van der Waals surface area contributed by atoms with Gasteiger partial charge in [0.25, 0.3) is 0 Å². The van der Waals surface area contributed by atoms with E-state index in [2.05, 4.69) is 4.98 Å². The van der Waals surface area contributed by atoms with Crippen LogP contribution in [0.5, 0.6) is 0 Å². The zero-order valence-corrected chi connectivity index (χ0v) is 18.2. The Kier molecular flexibility index (Phi) is 7.00. The number of piperidine rings is 1. The predicted octanol–water partition coefficient (Wildman–Crippen LogP) is 2.19. The van der Waals surface area contributed by atoms with Crippen molar-refractivity contribution in [3.63, 3.8) is 0 Å². The van der Waals surface area contributed by atoms with Gasteiger partial charge in [0.05, 0.1) is 18.6 Å². The fourth-order valence-corrected chi connectivity index (χ4v) is 4.51. The number of hydrogen-bond donors (Lipinski definition) is 2. The number of nitrogens with one attached hydrogen (secondary N) is 1. The van der Waals surface area contributed by atoms with Crippen LogP contribution >= 0.6 is 0 Å². The number of fused-ring (bicyclic) bond motifs is 1. The first kappa shape index (κ1) is 22.8. The van der Waals surface area contributed by atoms with Gasteiger partial charge in [0, 0.05) is 43.5 Å². The van der Waals surface area contributed by atoms with Gasteiger partial charge < -0.3 is 24.5 Å². The fourth-order valence-electron chi connectivity index (χ4n) is 4.51. The van der Waals surface area contributed by atoms with Crippen molar-refractivity contribution in [2.75, 3.05) is 20.2 Å². The molecule has 1 aliphatic rings. The molecule has 0 radical (unpaired) electrons. The topological polar surface area (TPSA) is 109 Å². The van der Waals surface area contributed by atoms with E-state index < -0.39 is 29.6 Å². The standard InChI is InChI=1S/C23H30N2O6/c1-4-23(13-19(21(28)30-3)31-15(2)26)20(27)10-12-25(22(23)29)11-9-16-14-24-18-8-6-5-7-17(16)18/h5-8,14,19-20,24,27H,4,9-13H2,1-3H3/t19-,20-,23-/m1/s1. The molecule has 0 saturated carbocycles. The van der Waals surface area contributed by atoms with Crippen molar-refractivity contribution < 1.29 is 29.0 Å². The molecule has 3 atom stereocenters. The van der Waals surface area contributed by atoms with Crippen LogP contribution in [0.4, 0.5) is 0 Å². The van der Waals surface area contributed by atoms with Crippen molar-refractivity contribution >= 4 is 28.7 Å². The third-order valence-electron chi connectivity index (χ3n) is 6.30. The van der Waals surface area contributed by atoms with Gasteiger partial charge in [-0.15, -0.1) is 0 Å². The van der Waals surface area contributed by atoms with Gasteiger partial charge in [0.1, 0.15) is 0 Å². The number of aromatic amines is 1. The summed E-state index contributed by atoms with van der Waals surface area (Å²) in [4.78, 5) is 42.1. The fraction of sp³-hybridized carbons (Fsp3) is 0.522. The van der Waals surface area contributed by atoms with Gasteiger partial charge in [-0.25, -0.2) is 4.79 Å². The zero-order valence-electron chi connectivity index (χ0n) is 18.2. The Labute approximate surface area is 181 Å². The number of nitrogens with zero attached hydrogens (tertiary/aromatic N) is 1. The minimum absolute atomic E-state index is 0.112.